The van der Waals surface area contributed by atoms with E-state index in [1.807, 2.05) is 30.1 Å². The van der Waals surface area contributed by atoms with Crippen LogP contribution in [-0.2, 0) is 6.54 Å². The van der Waals surface area contributed by atoms with Gasteiger partial charge in [0.1, 0.15) is 0 Å². The summed E-state index contributed by atoms with van der Waals surface area (Å²) in [4.78, 5) is 7.88. The molecule has 1 atom stereocenters. The Balaban J connectivity index is 1.78. The van der Waals surface area contributed by atoms with Crippen LogP contribution in [-0.4, -0.2) is 27.9 Å². The van der Waals surface area contributed by atoms with E-state index in [0.717, 1.165) is 23.9 Å². The molecule has 2 heterocycles. The number of anilines is 1. The fourth-order valence-corrected chi connectivity index (χ4v) is 4.41. The molecule has 1 aliphatic heterocycles. The third kappa shape index (κ3) is 3.28. The number of halogens is 1. The van der Waals surface area contributed by atoms with Crippen LogP contribution in [0.1, 0.15) is 16.5 Å². The van der Waals surface area contributed by atoms with E-state index in [9.17, 15) is 0 Å². The third-order valence-electron chi connectivity index (χ3n) is 3.42. The quantitative estimate of drug-likeness (QED) is 0.935. The van der Waals surface area contributed by atoms with Crippen molar-refractivity contribution in [1.29, 1.82) is 0 Å². The minimum atomic E-state index is 0.439. The fraction of sp³-hybridized carbons (Fsp3) is 0.357. The molecule has 1 aromatic carbocycles. The first-order valence-electron chi connectivity index (χ1n) is 6.50. The first kappa shape index (κ1) is 14.2. The zero-order valence-electron chi connectivity index (χ0n) is 11.0. The van der Waals surface area contributed by atoms with Crippen LogP contribution in [0.3, 0.4) is 0 Å². The van der Waals surface area contributed by atoms with E-state index in [0.29, 0.717) is 11.2 Å². The van der Waals surface area contributed by atoms with E-state index in [4.69, 9.17) is 17.3 Å². The predicted octanol–water partition coefficient (Wildman–Crippen LogP) is 3.67. The molecule has 1 fully saturated rings. The Hall–Kier alpha value is -0.750. The molecule has 6 heteroatoms. The molecule has 0 aliphatic carbocycles. The molecular weight excluding hydrogens is 310 g/mol. The molecule has 0 amide bonds. The Kier molecular flexibility index (Phi) is 4.51. The van der Waals surface area contributed by atoms with Gasteiger partial charge >= 0.3 is 0 Å². The lowest BCUT2D eigenvalue weighted by Gasteiger charge is -2.35. The molecule has 0 saturated carbocycles. The van der Waals surface area contributed by atoms with E-state index < -0.39 is 0 Å². The molecule has 1 saturated heterocycles. The molecule has 1 unspecified atom stereocenters. The van der Waals surface area contributed by atoms with Crippen molar-refractivity contribution in [3.05, 3.63) is 45.9 Å². The van der Waals surface area contributed by atoms with Gasteiger partial charge in [-0.05, 0) is 17.7 Å². The molecule has 1 aliphatic rings. The number of nitrogen functional groups attached to an aromatic ring is 1. The number of hydrogen-bond donors (Lipinski definition) is 1. The van der Waals surface area contributed by atoms with Crippen LogP contribution in [0.25, 0.3) is 0 Å². The lowest BCUT2D eigenvalue weighted by atomic mass is 10.1. The average Bonchev–Trinajstić information content (AvgIpc) is 2.86. The largest absolute Gasteiger partial charge is 0.375 e. The summed E-state index contributed by atoms with van der Waals surface area (Å²) in [7, 11) is 0. The number of thiazole rings is 1. The average molecular weight is 326 g/mol. The topological polar surface area (TPSA) is 42.1 Å². The maximum absolute atomic E-state index is 5.98. The monoisotopic (exact) mass is 325 g/mol. The molecule has 0 radical (unpaired) electrons. The minimum absolute atomic E-state index is 0.439. The Morgan fingerprint density at radius 1 is 1.35 bits per heavy atom. The number of rotatable bonds is 3. The van der Waals surface area contributed by atoms with Crippen LogP contribution >= 0.6 is 34.7 Å². The first-order valence-corrected chi connectivity index (χ1v) is 8.85. The van der Waals surface area contributed by atoms with Crippen molar-refractivity contribution in [2.24, 2.45) is 0 Å². The molecule has 0 bridgehead atoms. The molecular formula is C14H16ClN3S2. The molecule has 3 nitrogen and oxygen atoms in total. The number of nitrogens with zero attached hydrogens (tertiary/aromatic N) is 2. The van der Waals surface area contributed by atoms with E-state index in [2.05, 4.69) is 22.0 Å². The van der Waals surface area contributed by atoms with Gasteiger partial charge in [-0.1, -0.05) is 23.7 Å². The maximum atomic E-state index is 5.98. The van der Waals surface area contributed by atoms with Crippen LogP contribution in [0.4, 0.5) is 5.13 Å². The second kappa shape index (κ2) is 6.35. The SMILES string of the molecule is Nc1ncc(CN2CCSCC2c2ccc(Cl)cc2)s1. The van der Waals surface area contributed by atoms with Crippen LogP contribution in [0.2, 0.25) is 5.02 Å². The van der Waals surface area contributed by atoms with Gasteiger partial charge in [0.05, 0.1) is 0 Å². The highest BCUT2D eigenvalue weighted by atomic mass is 35.5. The molecule has 2 N–H and O–H groups in total. The van der Waals surface area contributed by atoms with Crippen molar-refractivity contribution in [2.75, 3.05) is 23.8 Å². The molecule has 1 aromatic heterocycles. The molecule has 0 spiro atoms. The van der Waals surface area contributed by atoms with Gasteiger partial charge < -0.3 is 5.73 Å². The second-order valence-corrected chi connectivity index (χ2v) is 7.51. The molecule has 106 valence electrons. The minimum Gasteiger partial charge on any atom is -0.375 e. The highest BCUT2D eigenvalue weighted by Crippen LogP contribution is 2.32. The van der Waals surface area contributed by atoms with Gasteiger partial charge in [0, 0.05) is 46.7 Å². The number of benzene rings is 1. The molecule has 3 rings (SSSR count). The Morgan fingerprint density at radius 3 is 2.85 bits per heavy atom. The van der Waals surface area contributed by atoms with Gasteiger partial charge in [0.2, 0.25) is 0 Å². The number of aromatic nitrogens is 1. The van der Waals surface area contributed by atoms with Crippen molar-refractivity contribution >= 4 is 39.8 Å². The highest BCUT2D eigenvalue weighted by molar-refractivity contribution is 7.99. The van der Waals surface area contributed by atoms with Crippen molar-refractivity contribution < 1.29 is 0 Å². The van der Waals surface area contributed by atoms with Gasteiger partial charge in [-0.2, -0.15) is 11.8 Å². The summed E-state index contributed by atoms with van der Waals surface area (Å²) in [6.07, 6.45) is 1.89. The van der Waals surface area contributed by atoms with E-state index in [1.165, 1.54) is 16.2 Å². The number of thioether (sulfide) groups is 1. The van der Waals surface area contributed by atoms with Gasteiger partial charge in [-0.15, -0.1) is 11.3 Å². The van der Waals surface area contributed by atoms with Crippen LogP contribution in [0.5, 0.6) is 0 Å². The number of hydrogen-bond acceptors (Lipinski definition) is 5. The van der Waals surface area contributed by atoms with Gasteiger partial charge in [0.25, 0.3) is 0 Å². The van der Waals surface area contributed by atoms with E-state index in [1.54, 1.807) is 11.3 Å². The van der Waals surface area contributed by atoms with Crippen molar-refractivity contribution in [1.82, 2.24) is 9.88 Å². The number of nitrogens with two attached hydrogens (primary N) is 1. The predicted molar refractivity (Wildman–Crippen MR) is 88.5 cm³/mol. The smallest absolute Gasteiger partial charge is 0.180 e. The summed E-state index contributed by atoms with van der Waals surface area (Å²) in [6.45, 7) is 2.01. The Labute approximate surface area is 132 Å². The maximum Gasteiger partial charge on any atom is 0.180 e. The summed E-state index contributed by atoms with van der Waals surface area (Å²) in [6, 6.07) is 8.65. The Bertz CT molecular complexity index is 570. The van der Waals surface area contributed by atoms with Crippen molar-refractivity contribution in [2.45, 2.75) is 12.6 Å². The Morgan fingerprint density at radius 2 is 2.15 bits per heavy atom. The van der Waals surface area contributed by atoms with Gasteiger partial charge in [0.15, 0.2) is 5.13 Å². The van der Waals surface area contributed by atoms with Gasteiger partial charge in [-0.25, -0.2) is 4.98 Å². The van der Waals surface area contributed by atoms with Crippen LogP contribution < -0.4 is 5.73 Å². The normalized spacial score (nSPS) is 20.1. The van der Waals surface area contributed by atoms with Crippen molar-refractivity contribution in [3.63, 3.8) is 0 Å². The van der Waals surface area contributed by atoms with Crippen LogP contribution in [0, 0.1) is 0 Å². The summed E-state index contributed by atoms with van der Waals surface area (Å²) >= 11 is 9.57. The fourth-order valence-electron chi connectivity index (χ4n) is 2.42. The van der Waals surface area contributed by atoms with Crippen molar-refractivity contribution in [3.8, 4) is 0 Å². The summed E-state index contributed by atoms with van der Waals surface area (Å²) in [5.41, 5.74) is 7.05. The van der Waals surface area contributed by atoms with Gasteiger partial charge in [-0.3, -0.25) is 4.90 Å². The van der Waals surface area contributed by atoms with E-state index in [-0.39, 0.29) is 0 Å². The third-order valence-corrected chi connectivity index (χ3v) is 5.51. The zero-order chi connectivity index (χ0) is 13.9. The summed E-state index contributed by atoms with van der Waals surface area (Å²) in [5.74, 6) is 2.30. The lowest BCUT2D eigenvalue weighted by Crippen LogP contribution is -2.35. The highest BCUT2D eigenvalue weighted by Gasteiger charge is 2.24. The second-order valence-electron chi connectivity index (χ2n) is 4.78. The summed E-state index contributed by atoms with van der Waals surface area (Å²) < 4.78 is 0. The van der Waals surface area contributed by atoms with Crippen LogP contribution in [0.15, 0.2) is 30.5 Å². The standard InChI is InChI=1S/C14H16ClN3S2/c15-11-3-1-10(2-4-11)13-9-19-6-5-18(13)8-12-7-17-14(16)20-12/h1-4,7,13H,5-6,8-9H2,(H2,16,17). The van der Waals surface area contributed by atoms with E-state index >= 15 is 0 Å². The molecule has 2 aromatic rings. The first-order chi connectivity index (χ1) is 9.72. The zero-order valence-corrected chi connectivity index (χ0v) is 13.3. The lowest BCUT2D eigenvalue weighted by molar-refractivity contribution is 0.214. The summed E-state index contributed by atoms with van der Waals surface area (Å²) in [5, 5.41) is 1.44. The molecule has 20 heavy (non-hydrogen) atoms.